The number of hydrogen-bond acceptors (Lipinski definition) is 3. The van der Waals surface area contributed by atoms with E-state index in [0.717, 1.165) is 21.3 Å². The molecule has 1 atom stereocenters. The average Bonchev–Trinajstić information content (AvgIpc) is 2.83. The van der Waals surface area contributed by atoms with Gasteiger partial charge in [0.25, 0.3) is 0 Å². The number of carbonyl (C=O) groups is 1. The Morgan fingerprint density at radius 2 is 1.88 bits per heavy atom. The van der Waals surface area contributed by atoms with Crippen LogP contribution in [-0.2, 0) is 4.79 Å². The van der Waals surface area contributed by atoms with E-state index in [1.807, 2.05) is 19.1 Å². The van der Waals surface area contributed by atoms with Crippen LogP contribution in [0.3, 0.4) is 0 Å². The number of fused-ring (bicyclic) bond motifs is 1. The SMILES string of the molecule is Cc1nn(-c2ccc(F)cc2)c2c1C(c1ccc(Br)cc1)SCC(=O)N2. The average molecular weight is 432 g/mol. The summed E-state index contributed by atoms with van der Waals surface area (Å²) in [5, 5.41) is 7.58. The predicted octanol–water partition coefficient (Wildman–Crippen LogP) is 4.86. The summed E-state index contributed by atoms with van der Waals surface area (Å²) in [5.74, 6) is 0.630. The Morgan fingerprint density at radius 3 is 2.58 bits per heavy atom. The molecule has 2 heterocycles. The highest BCUT2D eigenvalue weighted by molar-refractivity contribution is 9.10. The van der Waals surface area contributed by atoms with Crippen molar-refractivity contribution in [3.8, 4) is 5.69 Å². The summed E-state index contributed by atoms with van der Waals surface area (Å²) in [6.45, 7) is 1.93. The Labute approximate surface area is 162 Å². The first-order valence-corrected chi connectivity index (χ1v) is 9.89. The van der Waals surface area contributed by atoms with Crippen LogP contribution in [0.25, 0.3) is 5.69 Å². The summed E-state index contributed by atoms with van der Waals surface area (Å²) in [6, 6.07) is 14.2. The largest absolute Gasteiger partial charge is 0.310 e. The molecule has 1 amide bonds. The van der Waals surface area contributed by atoms with Crippen LogP contribution in [-0.4, -0.2) is 21.4 Å². The Hall–Kier alpha value is -2.12. The number of thioether (sulfide) groups is 1. The van der Waals surface area contributed by atoms with Gasteiger partial charge in [0.05, 0.1) is 22.4 Å². The molecular formula is C19H15BrFN3OS. The van der Waals surface area contributed by atoms with E-state index in [4.69, 9.17) is 0 Å². The number of anilines is 1. The molecule has 0 aliphatic carbocycles. The number of aryl methyl sites for hydroxylation is 1. The molecule has 4 rings (SSSR count). The van der Waals surface area contributed by atoms with E-state index in [2.05, 4.69) is 38.5 Å². The maximum atomic E-state index is 13.3. The molecular weight excluding hydrogens is 417 g/mol. The van der Waals surface area contributed by atoms with Gasteiger partial charge in [0.2, 0.25) is 5.91 Å². The Kier molecular flexibility index (Phi) is 4.58. The first-order valence-electron chi connectivity index (χ1n) is 8.05. The van der Waals surface area contributed by atoms with Gasteiger partial charge in [-0.15, -0.1) is 11.8 Å². The Morgan fingerprint density at radius 1 is 1.19 bits per heavy atom. The minimum atomic E-state index is -0.309. The van der Waals surface area contributed by atoms with Crippen LogP contribution in [0.5, 0.6) is 0 Å². The first kappa shape index (κ1) is 17.3. The molecule has 0 bridgehead atoms. The van der Waals surface area contributed by atoms with Gasteiger partial charge in [-0.1, -0.05) is 28.1 Å². The van der Waals surface area contributed by atoms with E-state index in [9.17, 15) is 9.18 Å². The zero-order valence-electron chi connectivity index (χ0n) is 13.9. The number of carbonyl (C=O) groups excluding carboxylic acids is 1. The van der Waals surface area contributed by atoms with Gasteiger partial charge in [-0.2, -0.15) is 5.10 Å². The van der Waals surface area contributed by atoms with Crippen molar-refractivity contribution in [2.24, 2.45) is 0 Å². The monoisotopic (exact) mass is 431 g/mol. The number of amides is 1. The van der Waals surface area contributed by atoms with Crippen molar-refractivity contribution >= 4 is 39.4 Å². The molecule has 2 aromatic carbocycles. The van der Waals surface area contributed by atoms with Gasteiger partial charge in [-0.25, -0.2) is 9.07 Å². The minimum Gasteiger partial charge on any atom is -0.310 e. The number of halogens is 2. The molecule has 1 N–H and O–H groups in total. The highest BCUT2D eigenvalue weighted by Crippen LogP contribution is 2.43. The second kappa shape index (κ2) is 6.89. The summed E-state index contributed by atoms with van der Waals surface area (Å²) in [7, 11) is 0. The van der Waals surface area contributed by atoms with Gasteiger partial charge >= 0.3 is 0 Å². The quantitative estimate of drug-likeness (QED) is 0.630. The van der Waals surface area contributed by atoms with Gasteiger partial charge in [0.1, 0.15) is 11.6 Å². The molecule has 0 saturated carbocycles. The van der Waals surface area contributed by atoms with Crippen LogP contribution in [0.4, 0.5) is 10.2 Å². The molecule has 3 aromatic rings. The van der Waals surface area contributed by atoms with Crippen LogP contribution < -0.4 is 5.32 Å². The van der Waals surface area contributed by atoms with Crippen molar-refractivity contribution in [2.45, 2.75) is 12.2 Å². The van der Waals surface area contributed by atoms with Crippen molar-refractivity contribution in [3.63, 3.8) is 0 Å². The van der Waals surface area contributed by atoms with E-state index in [1.165, 1.54) is 12.1 Å². The third kappa shape index (κ3) is 3.17. The van der Waals surface area contributed by atoms with Gasteiger partial charge in [-0.05, 0) is 48.9 Å². The summed E-state index contributed by atoms with van der Waals surface area (Å²) < 4.78 is 16.0. The van der Waals surface area contributed by atoms with E-state index >= 15 is 0 Å². The fourth-order valence-electron chi connectivity index (χ4n) is 3.05. The smallest absolute Gasteiger partial charge is 0.235 e. The maximum Gasteiger partial charge on any atom is 0.235 e. The van der Waals surface area contributed by atoms with E-state index in [-0.39, 0.29) is 17.0 Å². The Balaban J connectivity index is 1.87. The zero-order valence-corrected chi connectivity index (χ0v) is 16.3. The third-order valence-corrected chi connectivity index (χ3v) is 6.05. The molecule has 1 aliphatic rings. The molecule has 1 unspecified atom stereocenters. The van der Waals surface area contributed by atoms with Gasteiger partial charge in [0.15, 0.2) is 0 Å². The van der Waals surface area contributed by atoms with Gasteiger partial charge in [-0.3, -0.25) is 4.79 Å². The number of nitrogens with zero attached hydrogens (tertiary/aromatic N) is 2. The van der Waals surface area contributed by atoms with Crippen molar-refractivity contribution < 1.29 is 9.18 Å². The zero-order chi connectivity index (χ0) is 18.3. The molecule has 1 aliphatic heterocycles. The van der Waals surface area contributed by atoms with Gasteiger partial charge in [0, 0.05) is 10.0 Å². The minimum absolute atomic E-state index is 0.00810. The third-order valence-electron chi connectivity index (χ3n) is 4.25. The maximum absolute atomic E-state index is 13.3. The lowest BCUT2D eigenvalue weighted by Crippen LogP contribution is -2.15. The number of nitrogens with one attached hydrogen (secondary N) is 1. The van der Waals surface area contributed by atoms with Crippen LogP contribution in [0.15, 0.2) is 53.0 Å². The lowest BCUT2D eigenvalue weighted by molar-refractivity contribution is -0.113. The first-order chi connectivity index (χ1) is 12.5. The fraction of sp³-hybridized carbons (Fsp3) is 0.158. The second-order valence-corrected chi connectivity index (χ2v) is 8.04. The van der Waals surface area contributed by atoms with Crippen molar-refractivity contribution in [2.75, 3.05) is 11.1 Å². The standard InChI is InChI=1S/C19H15BrFN3OS/c1-11-17-18(12-2-4-13(20)5-3-12)26-10-16(25)22-19(17)24(23-11)15-8-6-14(21)7-9-15/h2-9,18H,10H2,1H3,(H,22,25). The van der Waals surface area contributed by atoms with E-state index < -0.39 is 0 Å². The molecule has 26 heavy (non-hydrogen) atoms. The van der Waals surface area contributed by atoms with Crippen LogP contribution in [0, 0.1) is 12.7 Å². The lowest BCUT2D eigenvalue weighted by atomic mass is 10.0. The molecule has 0 spiro atoms. The topological polar surface area (TPSA) is 46.9 Å². The highest BCUT2D eigenvalue weighted by atomic mass is 79.9. The molecule has 0 saturated heterocycles. The Bertz CT molecular complexity index is 970. The number of aromatic nitrogens is 2. The van der Waals surface area contributed by atoms with Crippen molar-refractivity contribution in [1.82, 2.24) is 9.78 Å². The summed E-state index contributed by atoms with van der Waals surface area (Å²) in [5.41, 5.74) is 3.63. The summed E-state index contributed by atoms with van der Waals surface area (Å²) in [4.78, 5) is 12.3. The summed E-state index contributed by atoms with van der Waals surface area (Å²) >= 11 is 5.04. The van der Waals surface area contributed by atoms with Crippen molar-refractivity contribution in [3.05, 3.63) is 75.6 Å². The molecule has 1 aromatic heterocycles. The summed E-state index contributed by atoms with van der Waals surface area (Å²) in [6.07, 6.45) is 0. The lowest BCUT2D eigenvalue weighted by Gasteiger charge is -2.15. The van der Waals surface area contributed by atoms with Crippen LogP contribution >= 0.6 is 27.7 Å². The molecule has 132 valence electrons. The fourth-order valence-corrected chi connectivity index (χ4v) is 4.51. The normalized spacial score (nSPS) is 16.7. The molecule has 4 nitrogen and oxygen atoms in total. The van der Waals surface area contributed by atoms with E-state index in [0.29, 0.717) is 17.3 Å². The number of hydrogen-bond donors (Lipinski definition) is 1. The second-order valence-electron chi connectivity index (χ2n) is 6.03. The molecule has 0 fully saturated rings. The van der Waals surface area contributed by atoms with Crippen LogP contribution in [0.2, 0.25) is 0 Å². The number of rotatable bonds is 2. The highest BCUT2D eigenvalue weighted by Gasteiger charge is 2.30. The van der Waals surface area contributed by atoms with Crippen molar-refractivity contribution in [1.29, 1.82) is 0 Å². The van der Waals surface area contributed by atoms with Gasteiger partial charge < -0.3 is 5.32 Å². The molecule has 0 radical (unpaired) electrons. The predicted molar refractivity (Wildman–Crippen MR) is 105 cm³/mol. The van der Waals surface area contributed by atoms with Crippen LogP contribution in [0.1, 0.15) is 22.1 Å². The number of benzene rings is 2. The van der Waals surface area contributed by atoms with E-state index in [1.54, 1.807) is 28.6 Å². The molecule has 7 heteroatoms.